The van der Waals surface area contributed by atoms with Gasteiger partial charge in [-0.05, 0) is 30.5 Å². The van der Waals surface area contributed by atoms with Crippen molar-refractivity contribution in [3.63, 3.8) is 0 Å². The summed E-state index contributed by atoms with van der Waals surface area (Å²) in [6.45, 7) is 9.53. The minimum absolute atomic E-state index is 0. The second-order valence-electron chi connectivity index (χ2n) is 6.32. The number of piperazine rings is 1. The average molecular weight is 480 g/mol. The van der Waals surface area contributed by atoms with E-state index >= 15 is 0 Å². The number of halogens is 1. The number of rotatable bonds is 5. The fourth-order valence-electron chi connectivity index (χ4n) is 3.22. The molecule has 2 aromatic rings. The molecule has 1 aromatic carbocycles. The summed E-state index contributed by atoms with van der Waals surface area (Å²) < 4.78 is 0. The van der Waals surface area contributed by atoms with Crippen molar-refractivity contribution in [1.29, 1.82) is 0 Å². The summed E-state index contributed by atoms with van der Waals surface area (Å²) in [6, 6.07) is 10.4. The van der Waals surface area contributed by atoms with Crippen LogP contribution in [-0.4, -0.2) is 53.6 Å². The molecule has 0 aliphatic carbocycles. The molecule has 0 amide bonds. The van der Waals surface area contributed by atoms with Crippen LogP contribution in [0.2, 0.25) is 0 Å². The first-order valence-electron chi connectivity index (χ1n) is 9.43. The van der Waals surface area contributed by atoms with E-state index in [0.29, 0.717) is 6.54 Å². The maximum atomic E-state index is 4.90. The molecular weight excluding hydrogens is 451 g/mol. The fraction of sp³-hybridized carbons (Fsp3) is 0.450. The van der Waals surface area contributed by atoms with Crippen molar-refractivity contribution in [3.8, 4) is 0 Å². The number of nitrogens with one attached hydrogen (secondary N) is 1. The number of aliphatic imine (C=N–C) groups is 1. The van der Waals surface area contributed by atoms with Crippen LogP contribution in [0.3, 0.4) is 0 Å². The van der Waals surface area contributed by atoms with Crippen LogP contribution in [0.5, 0.6) is 0 Å². The van der Waals surface area contributed by atoms with Gasteiger partial charge < -0.3 is 15.1 Å². The van der Waals surface area contributed by atoms with E-state index in [4.69, 9.17) is 4.99 Å². The van der Waals surface area contributed by atoms with E-state index in [1.54, 1.807) is 12.4 Å². The van der Waals surface area contributed by atoms with Gasteiger partial charge in [0.1, 0.15) is 0 Å². The molecule has 1 aliphatic heterocycles. The Morgan fingerprint density at radius 1 is 1.00 bits per heavy atom. The van der Waals surface area contributed by atoms with E-state index in [9.17, 15) is 0 Å². The van der Waals surface area contributed by atoms with Crippen LogP contribution in [0.4, 0.5) is 5.95 Å². The van der Waals surface area contributed by atoms with Gasteiger partial charge in [-0.1, -0.05) is 31.2 Å². The summed E-state index contributed by atoms with van der Waals surface area (Å²) in [7, 11) is 0. The summed E-state index contributed by atoms with van der Waals surface area (Å²) in [4.78, 5) is 18.2. The van der Waals surface area contributed by atoms with Gasteiger partial charge in [-0.2, -0.15) is 0 Å². The monoisotopic (exact) mass is 480 g/mol. The van der Waals surface area contributed by atoms with Gasteiger partial charge in [0, 0.05) is 45.1 Å². The Hall–Kier alpha value is -1.90. The van der Waals surface area contributed by atoms with Crippen LogP contribution < -0.4 is 10.2 Å². The van der Waals surface area contributed by atoms with Gasteiger partial charge in [0.15, 0.2) is 5.96 Å². The molecule has 27 heavy (non-hydrogen) atoms. The largest absolute Gasteiger partial charge is 0.357 e. The molecule has 1 aromatic heterocycles. The normalized spacial score (nSPS) is 14.7. The molecular formula is C20H29IN6. The van der Waals surface area contributed by atoms with Crippen molar-refractivity contribution in [2.45, 2.75) is 26.8 Å². The van der Waals surface area contributed by atoms with Crippen LogP contribution in [0, 0.1) is 0 Å². The van der Waals surface area contributed by atoms with Crippen LogP contribution in [0.1, 0.15) is 25.0 Å². The Balaban J connectivity index is 0.00000261. The second kappa shape index (κ2) is 11.1. The van der Waals surface area contributed by atoms with E-state index in [1.807, 2.05) is 6.07 Å². The Morgan fingerprint density at radius 2 is 1.67 bits per heavy atom. The second-order valence-corrected chi connectivity index (χ2v) is 6.32. The Morgan fingerprint density at radius 3 is 2.30 bits per heavy atom. The Labute approximate surface area is 179 Å². The molecule has 2 heterocycles. The molecule has 146 valence electrons. The van der Waals surface area contributed by atoms with Gasteiger partial charge in [-0.3, -0.25) is 0 Å². The molecule has 1 aliphatic rings. The SMILES string of the molecule is CCNC(=NCc1ccccc1CC)N1CCN(c2ncccn2)CC1.I. The Bertz CT molecular complexity index is 713. The maximum Gasteiger partial charge on any atom is 0.225 e. The zero-order valence-electron chi connectivity index (χ0n) is 16.1. The fourth-order valence-corrected chi connectivity index (χ4v) is 3.22. The predicted octanol–water partition coefficient (Wildman–Crippen LogP) is 2.94. The lowest BCUT2D eigenvalue weighted by Crippen LogP contribution is -2.53. The molecule has 1 saturated heterocycles. The highest BCUT2D eigenvalue weighted by molar-refractivity contribution is 14.0. The van der Waals surface area contributed by atoms with Gasteiger partial charge in [0.25, 0.3) is 0 Å². The average Bonchev–Trinajstić information content (AvgIpc) is 2.72. The van der Waals surface area contributed by atoms with Gasteiger partial charge in [0.2, 0.25) is 5.95 Å². The number of aromatic nitrogens is 2. The van der Waals surface area contributed by atoms with E-state index in [2.05, 4.69) is 63.2 Å². The highest BCUT2D eigenvalue weighted by Gasteiger charge is 2.21. The lowest BCUT2D eigenvalue weighted by molar-refractivity contribution is 0.370. The van der Waals surface area contributed by atoms with Crippen LogP contribution in [0.25, 0.3) is 0 Å². The first-order chi connectivity index (χ1) is 12.8. The predicted molar refractivity (Wildman–Crippen MR) is 122 cm³/mol. The van der Waals surface area contributed by atoms with Crippen molar-refractivity contribution in [3.05, 3.63) is 53.9 Å². The smallest absolute Gasteiger partial charge is 0.225 e. The highest BCUT2D eigenvalue weighted by Crippen LogP contribution is 2.13. The molecule has 0 bridgehead atoms. The molecule has 0 spiro atoms. The molecule has 7 heteroatoms. The first kappa shape index (κ1) is 21.4. The molecule has 0 saturated carbocycles. The number of hydrogen-bond acceptors (Lipinski definition) is 4. The summed E-state index contributed by atoms with van der Waals surface area (Å²) in [6.07, 6.45) is 4.63. The quantitative estimate of drug-likeness (QED) is 0.405. The third-order valence-corrected chi connectivity index (χ3v) is 4.65. The number of aryl methyl sites for hydroxylation is 1. The highest BCUT2D eigenvalue weighted by atomic mass is 127. The number of anilines is 1. The maximum absolute atomic E-state index is 4.90. The third kappa shape index (κ3) is 5.79. The minimum Gasteiger partial charge on any atom is -0.357 e. The van der Waals surface area contributed by atoms with Gasteiger partial charge in [-0.15, -0.1) is 24.0 Å². The van der Waals surface area contributed by atoms with E-state index in [1.165, 1.54) is 11.1 Å². The van der Waals surface area contributed by atoms with Gasteiger partial charge in [0.05, 0.1) is 6.54 Å². The van der Waals surface area contributed by atoms with Gasteiger partial charge in [-0.25, -0.2) is 15.0 Å². The zero-order valence-corrected chi connectivity index (χ0v) is 18.5. The van der Waals surface area contributed by atoms with Crippen LogP contribution in [0.15, 0.2) is 47.7 Å². The molecule has 0 radical (unpaired) electrons. The third-order valence-electron chi connectivity index (χ3n) is 4.65. The lowest BCUT2D eigenvalue weighted by Gasteiger charge is -2.36. The lowest BCUT2D eigenvalue weighted by atomic mass is 10.1. The van der Waals surface area contributed by atoms with Crippen molar-refractivity contribution in [2.24, 2.45) is 4.99 Å². The Kier molecular flexibility index (Phi) is 8.77. The first-order valence-corrected chi connectivity index (χ1v) is 9.43. The summed E-state index contributed by atoms with van der Waals surface area (Å²) in [5.74, 6) is 1.80. The van der Waals surface area contributed by atoms with Crippen molar-refractivity contribution in [1.82, 2.24) is 20.2 Å². The van der Waals surface area contributed by atoms with Gasteiger partial charge >= 0.3 is 0 Å². The van der Waals surface area contributed by atoms with Crippen LogP contribution in [-0.2, 0) is 13.0 Å². The zero-order chi connectivity index (χ0) is 18.2. The van der Waals surface area contributed by atoms with Crippen molar-refractivity contribution in [2.75, 3.05) is 37.6 Å². The minimum atomic E-state index is 0. The summed E-state index contributed by atoms with van der Waals surface area (Å²) in [5.41, 5.74) is 2.68. The molecule has 3 rings (SSSR count). The summed E-state index contributed by atoms with van der Waals surface area (Å²) in [5, 5.41) is 3.44. The molecule has 0 atom stereocenters. The van der Waals surface area contributed by atoms with Crippen molar-refractivity contribution < 1.29 is 0 Å². The number of hydrogen-bond donors (Lipinski definition) is 1. The molecule has 1 fully saturated rings. The summed E-state index contributed by atoms with van der Waals surface area (Å²) >= 11 is 0. The van der Waals surface area contributed by atoms with E-state index in [0.717, 1.165) is 51.1 Å². The topological polar surface area (TPSA) is 56.7 Å². The molecule has 0 unspecified atom stereocenters. The van der Waals surface area contributed by atoms with E-state index < -0.39 is 0 Å². The number of nitrogens with zero attached hydrogens (tertiary/aromatic N) is 5. The van der Waals surface area contributed by atoms with E-state index in [-0.39, 0.29) is 24.0 Å². The number of guanidine groups is 1. The number of benzene rings is 1. The molecule has 6 nitrogen and oxygen atoms in total. The molecule has 1 N–H and O–H groups in total. The van der Waals surface area contributed by atoms with Crippen LogP contribution >= 0.6 is 24.0 Å². The van der Waals surface area contributed by atoms with Crippen molar-refractivity contribution >= 4 is 35.9 Å². The standard InChI is InChI=1S/C20H28N6.HI/c1-3-17-8-5-6-9-18(17)16-24-19(21-4-2)25-12-14-26(15-13-25)20-22-10-7-11-23-20;/h5-11H,3-4,12-16H2,1-2H3,(H,21,24);1H.